The fourth-order valence-electron chi connectivity index (χ4n) is 3.54. The number of amides is 1. The molecule has 27 heavy (non-hydrogen) atoms. The number of hydrogen-bond donors (Lipinski definition) is 3. The van der Waals surface area contributed by atoms with Crippen LogP contribution in [0.5, 0.6) is 0 Å². The highest BCUT2D eigenvalue weighted by molar-refractivity contribution is 6.32. The van der Waals surface area contributed by atoms with E-state index < -0.39 is 6.10 Å². The lowest BCUT2D eigenvalue weighted by atomic mass is 9.97. The minimum atomic E-state index is -0.449. The molecule has 142 valence electrons. The van der Waals surface area contributed by atoms with E-state index in [1.54, 1.807) is 6.20 Å². The fraction of sp³-hybridized carbons (Fsp3) is 0.429. The van der Waals surface area contributed by atoms with Crippen molar-refractivity contribution >= 4 is 22.9 Å². The van der Waals surface area contributed by atoms with Gasteiger partial charge in [-0.3, -0.25) is 9.48 Å². The van der Waals surface area contributed by atoms with Crippen molar-refractivity contribution in [3.63, 3.8) is 0 Å². The van der Waals surface area contributed by atoms with Gasteiger partial charge in [0.05, 0.1) is 23.6 Å². The molecule has 2 aromatic rings. The van der Waals surface area contributed by atoms with Crippen molar-refractivity contribution in [1.82, 2.24) is 9.78 Å². The topological polar surface area (TPSA) is 79.2 Å². The highest BCUT2D eigenvalue weighted by atomic mass is 16.3. The minimum absolute atomic E-state index is 0.108. The molecule has 1 saturated carbocycles. The summed E-state index contributed by atoms with van der Waals surface area (Å²) in [7, 11) is 0. The number of fused-ring (bicyclic) bond motifs is 1. The summed E-state index contributed by atoms with van der Waals surface area (Å²) >= 11 is 0. The predicted octanol–water partition coefficient (Wildman–Crippen LogP) is 4.09. The normalized spacial score (nSPS) is 19.1. The molecule has 0 spiro atoms. The number of nitrogens with zero attached hydrogens (tertiary/aromatic N) is 2. The quantitative estimate of drug-likeness (QED) is 0.673. The molecule has 2 aliphatic rings. The van der Waals surface area contributed by atoms with Gasteiger partial charge in [0.1, 0.15) is 0 Å². The van der Waals surface area contributed by atoms with E-state index in [4.69, 9.17) is 0 Å². The number of nitrogens with one attached hydrogen (secondary N) is 2. The Morgan fingerprint density at radius 2 is 2.19 bits per heavy atom. The molecular formula is C21H26N4O2. The molecule has 1 aromatic carbocycles. The number of aliphatic hydroxyl groups excluding tert-OH is 1. The van der Waals surface area contributed by atoms with Crippen LogP contribution < -0.4 is 10.6 Å². The van der Waals surface area contributed by atoms with E-state index in [0.717, 1.165) is 41.0 Å². The summed E-state index contributed by atoms with van der Waals surface area (Å²) in [5.74, 6) is 0.245. The molecule has 0 bridgehead atoms. The van der Waals surface area contributed by atoms with Gasteiger partial charge in [-0.2, -0.15) is 5.10 Å². The maximum Gasteiger partial charge on any atom is 0.258 e. The summed E-state index contributed by atoms with van der Waals surface area (Å²) in [6.45, 7) is 6.17. The molecule has 1 unspecified atom stereocenters. The molecule has 1 aliphatic carbocycles. The standard InChI is InChI=1S/C21H26N4O2/c1-4-17(23-15-10-22-25(11-15)12(2)3)19-16-9-14(20(26)13-5-6-13)7-8-18(16)24-21(19)27/h7-13,20,23,26H,4-6H2,1-3H3,(H,24,27)/b19-17-. The lowest BCUT2D eigenvalue weighted by Crippen LogP contribution is -2.10. The van der Waals surface area contributed by atoms with Gasteiger partial charge in [0.2, 0.25) is 0 Å². The van der Waals surface area contributed by atoms with Crippen molar-refractivity contribution in [2.24, 2.45) is 5.92 Å². The summed E-state index contributed by atoms with van der Waals surface area (Å²) < 4.78 is 1.88. The van der Waals surface area contributed by atoms with Gasteiger partial charge in [0, 0.05) is 29.2 Å². The zero-order valence-electron chi connectivity index (χ0n) is 16.0. The van der Waals surface area contributed by atoms with E-state index in [2.05, 4.69) is 29.6 Å². The molecule has 3 N–H and O–H groups in total. The van der Waals surface area contributed by atoms with Crippen LogP contribution in [0.4, 0.5) is 11.4 Å². The molecule has 6 heteroatoms. The number of aromatic nitrogens is 2. The summed E-state index contributed by atoms with van der Waals surface area (Å²) in [6, 6.07) is 6.04. The summed E-state index contributed by atoms with van der Waals surface area (Å²) in [6.07, 6.45) is 6.10. The number of carbonyl (C=O) groups excluding carboxylic acids is 1. The Hall–Kier alpha value is -2.60. The van der Waals surface area contributed by atoms with Crippen LogP contribution in [0.1, 0.15) is 63.3 Å². The van der Waals surface area contributed by atoms with E-state index in [1.807, 2.05) is 36.0 Å². The van der Waals surface area contributed by atoms with Crippen LogP contribution in [-0.2, 0) is 4.79 Å². The smallest absolute Gasteiger partial charge is 0.258 e. The molecule has 1 aromatic heterocycles. The van der Waals surface area contributed by atoms with Gasteiger partial charge in [-0.15, -0.1) is 0 Å². The molecule has 4 rings (SSSR count). The van der Waals surface area contributed by atoms with Crippen molar-refractivity contribution in [2.75, 3.05) is 10.6 Å². The molecule has 6 nitrogen and oxygen atoms in total. The second kappa shape index (κ2) is 6.85. The van der Waals surface area contributed by atoms with Crippen LogP contribution in [0.15, 0.2) is 36.3 Å². The van der Waals surface area contributed by atoms with Gasteiger partial charge >= 0.3 is 0 Å². The zero-order chi connectivity index (χ0) is 19.1. The monoisotopic (exact) mass is 366 g/mol. The lowest BCUT2D eigenvalue weighted by Gasteiger charge is -2.13. The average molecular weight is 366 g/mol. The second-order valence-corrected chi connectivity index (χ2v) is 7.68. The minimum Gasteiger partial charge on any atom is -0.388 e. The molecule has 0 radical (unpaired) electrons. The average Bonchev–Trinajstić information content (AvgIpc) is 3.30. The van der Waals surface area contributed by atoms with Crippen molar-refractivity contribution in [3.05, 3.63) is 47.4 Å². The third kappa shape index (κ3) is 3.37. The lowest BCUT2D eigenvalue weighted by molar-refractivity contribution is -0.110. The number of carbonyl (C=O) groups is 1. The Bertz CT molecular complexity index is 909. The van der Waals surface area contributed by atoms with Crippen molar-refractivity contribution < 1.29 is 9.90 Å². The largest absolute Gasteiger partial charge is 0.388 e. The molecule has 1 aliphatic heterocycles. The van der Waals surface area contributed by atoms with Crippen molar-refractivity contribution in [2.45, 2.75) is 52.2 Å². The fourth-order valence-corrected chi connectivity index (χ4v) is 3.54. The number of rotatable bonds is 6. The first-order valence-electron chi connectivity index (χ1n) is 9.66. The van der Waals surface area contributed by atoms with E-state index >= 15 is 0 Å². The van der Waals surface area contributed by atoms with Crippen LogP contribution in [0.3, 0.4) is 0 Å². The zero-order valence-corrected chi connectivity index (χ0v) is 16.0. The molecular weight excluding hydrogens is 340 g/mol. The molecule has 2 heterocycles. The predicted molar refractivity (Wildman–Crippen MR) is 106 cm³/mol. The highest BCUT2D eigenvalue weighted by Crippen LogP contribution is 2.43. The molecule has 0 saturated heterocycles. The highest BCUT2D eigenvalue weighted by Gasteiger charge is 2.33. The Morgan fingerprint density at radius 3 is 2.81 bits per heavy atom. The molecule has 1 atom stereocenters. The number of hydrogen-bond acceptors (Lipinski definition) is 4. The Balaban J connectivity index is 1.70. The van der Waals surface area contributed by atoms with Crippen LogP contribution in [0, 0.1) is 5.92 Å². The molecule has 1 amide bonds. The van der Waals surface area contributed by atoms with Crippen LogP contribution in [0.25, 0.3) is 5.57 Å². The summed E-state index contributed by atoms with van der Waals surface area (Å²) in [4.78, 5) is 12.7. The van der Waals surface area contributed by atoms with Gasteiger partial charge in [0.15, 0.2) is 0 Å². The number of anilines is 2. The van der Waals surface area contributed by atoms with Crippen molar-refractivity contribution in [1.29, 1.82) is 0 Å². The van der Waals surface area contributed by atoms with E-state index in [9.17, 15) is 9.90 Å². The third-order valence-electron chi connectivity index (χ3n) is 5.28. The van der Waals surface area contributed by atoms with E-state index in [0.29, 0.717) is 17.9 Å². The van der Waals surface area contributed by atoms with Gasteiger partial charge in [0.25, 0.3) is 5.91 Å². The SMILES string of the molecule is CC/C(Nc1cnn(C(C)C)c1)=C1/C(=O)Nc2ccc(C(O)C3CC3)cc21. The number of benzene rings is 1. The van der Waals surface area contributed by atoms with E-state index in [-0.39, 0.29) is 11.9 Å². The van der Waals surface area contributed by atoms with Crippen molar-refractivity contribution in [3.8, 4) is 0 Å². The van der Waals surface area contributed by atoms with Gasteiger partial charge in [-0.1, -0.05) is 13.0 Å². The first-order chi connectivity index (χ1) is 13.0. The Morgan fingerprint density at radius 1 is 1.41 bits per heavy atom. The number of allylic oxidation sites excluding steroid dienone is 1. The third-order valence-corrected chi connectivity index (χ3v) is 5.28. The summed E-state index contributed by atoms with van der Waals surface area (Å²) in [5.41, 5.74) is 4.91. The van der Waals surface area contributed by atoms with Gasteiger partial charge < -0.3 is 15.7 Å². The molecule has 1 fully saturated rings. The van der Waals surface area contributed by atoms with Crippen LogP contribution in [-0.4, -0.2) is 20.8 Å². The first kappa shape index (κ1) is 17.8. The van der Waals surface area contributed by atoms with Gasteiger partial charge in [-0.25, -0.2) is 0 Å². The maximum atomic E-state index is 12.7. The first-order valence-corrected chi connectivity index (χ1v) is 9.66. The Kier molecular flexibility index (Phi) is 4.52. The number of aliphatic hydroxyl groups is 1. The summed E-state index contributed by atoms with van der Waals surface area (Å²) in [5, 5.41) is 21.2. The van der Waals surface area contributed by atoms with Crippen LogP contribution >= 0.6 is 0 Å². The maximum absolute atomic E-state index is 12.7. The van der Waals surface area contributed by atoms with Crippen LogP contribution in [0.2, 0.25) is 0 Å². The van der Waals surface area contributed by atoms with E-state index in [1.165, 1.54) is 0 Å². The van der Waals surface area contributed by atoms with Gasteiger partial charge in [-0.05, 0) is 56.7 Å². The second-order valence-electron chi connectivity index (χ2n) is 7.68. The Labute approximate surface area is 159 Å².